The highest BCUT2D eigenvalue weighted by Gasteiger charge is 2.30. The van der Waals surface area contributed by atoms with Crippen molar-refractivity contribution in [3.05, 3.63) is 29.3 Å². The number of hydrogen-bond donors (Lipinski definition) is 0. The van der Waals surface area contributed by atoms with Crippen LogP contribution in [0.2, 0.25) is 11.6 Å². The van der Waals surface area contributed by atoms with E-state index in [9.17, 15) is 8.22 Å². The Bertz CT molecular complexity index is 240. The van der Waals surface area contributed by atoms with E-state index in [4.69, 9.17) is 11.6 Å². The molecule has 0 saturated heterocycles. The van der Waals surface area contributed by atoms with Crippen LogP contribution in [0, 0.1) is 0 Å². The molecule has 0 unspecified atom stereocenters. The smallest absolute Gasteiger partial charge is 0.265 e. The summed E-state index contributed by atoms with van der Waals surface area (Å²) in [4.78, 5) is 0. The van der Waals surface area contributed by atoms with Crippen LogP contribution in [-0.2, 0) is 0 Å². The van der Waals surface area contributed by atoms with Crippen molar-refractivity contribution >= 4 is 25.5 Å². The summed E-state index contributed by atoms with van der Waals surface area (Å²) in [5.41, 5.74) is 0. The van der Waals surface area contributed by atoms with Gasteiger partial charge < -0.3 is 0 Å². The van der Waals surface area contributed by atoms with Gasteiger partial charge in [0.15, 0.2) is 0 Å². The summed E-state index contributed by atoms with van der Waals surface area (Å²) in [6, 6.07) is 5.74. The van der Waals surface area contributed by atoms with Crippen molar-refractivity contribution in [2.75, 3.05) is 0 Å². The Hall–Kier alpha value is -0.413. The lowest BCUT2D eigenvalue weighted by molar-refractivity contribution is 0.642. The van der Waals surface area contributed by atoms with E-state index in [0.717, 1.165) is 6.55 Å². The number of benzene rings is 1. The largest absolute Gasteiger partial charge is 0.452 e. The molecule has 0 atom stereocenters. The van der Waals surface area contributed by atoms with E-state index in [0.29, 0.717) is 5.02 Å². The summed E-state index contributed by atoms with van der Waals surface area (Å²) in [7, 11) is -4.11. The molecule has 0 aromatic heterocycles. The van der Waals surface area contributed by atoms with Crippen LogP contribution in [0.5, 0.6) is 0 Å². The Morgan fingerprint density at radius 1 is 1.18 bits per heavy atom. The Balaban J connectivity index is 2.99. The molecular formula is C7H7ClF2Si. The molecule has 0 aliphatic rings. The van der Waals surface area contributed by atoms with Gasteiger partial charge in [0.05, 0.1) is 0 Å². The molecule has 0 aliphatic carbocycles. The van der Waals surface area contributed by atoms with Crippen molar-refractivity contribution in [1.82, 2.24) is 0 Å². The summed E-state index contributed by atoms with van der Waals surface area (Å²) < 4.78 is 25.4. The van der Waals surface area contributed by atoms with Gasteiger partial charge in [-0.05, 0) is 18.7 Å². The summed E-state index contributed by atoms with van der Waals surface area (Å²) in [5, 5.41) is 0.619. The number of hydrogen-bond acceptors (Lipinski definition) is 0. The molecule has 0 nitrogen and oxygen atoms in total. The van der Waals surface area contributed by atoms with Crippen LogP contribution >= 0.6 is 11.6 Å². The molecular weight excluding hydrogens is 186 g/mol. The molecule has 0 fully saturated rings. The normalized spacial score (nSPS) is 11.6. The molecule has 0 saturated carbocycles. The highest BCUT2D eigenvalue weighted by Crippen LogP contribution is 2.10. The van der Waals surface area contributed by atoms with Crippen LogP contribution in [0.25, 0.3) is 0 Å². The summed E-state index contributed by atoms with van der Waals surface area (Å²) in [5.74, 6) is 0. The van der Waals surface area contributed by atoms with Crippen molar-refractivity contribution in [2.24, 2.45) is 0 Å². The molecule has 60 valence electrons. The van der Waals surface area contributed by atoms with Gasteiger partial charge >= 0.3 is 8.74 Å². The number of halogens is 3. The van der Waals surface area contributed by atoms with Crippen LogP contribution in [0.3, 0.4) is 0 Å². The molecule has 1 rings (SSSR count). The second-order valence-electron chi connectivity index (χ2n) is 2.40. The quantitative estimate of drug-likeness (QED) is 0.474. The first-order valence-corrected chi connectivity index (χ1v) is 5.77. The lowest BCUT2D eigenvalue weighted by Crippen LogP contribution is -2.34. The predicted octanol–water partition coefficient (Wildman–Crippen LogP) is 2.56. The molecule has 0 bridgehead atoms. The van der Waals surface area contributed by atoms with Crippen molar-refractivity contribution in [1.29, 1.82) is 0 Å². The maximum atomic E-state index is 12.7. The summed E-state index contributed by atoms with van der Waals surface area (Å²) in [6.45, 7) is 0.996. The topological polar surface area (TPSA) is 0 Å². The van der Waals surface area contributed by atoms with Gasteiger partial charge in [-0.3, -0.25) is 8.22 Å². The zero-order valence-corrected chi connectivity index (χ0v) is 7.70. The van der Waals surface area contributed by atoms with Gasteiger partial charge in [-0.2, -0.15) is 0 Å². The maximum Gasteiger partial charge on any atom is 0.452 e. The monoisotopic (exact) mass is 192 g/mol. The first kappa shape index (κ1) is 8.68. The summed E-state index contributed by atoms with van der Waals surface area (Å²) >= 11 is 5.53. The third kappa shape index (κ3) is 2.27. The highest BCUT2D eigenvalue weighted by atomic mass is 35.5. The molecule has 0 aliphatic heterocycles. The van der Waals surface area contributed by atoms with Crippen LogP contribution < -0.4 is 5.19 Å². The zero-order valence-electron chi connectivity index (χ0n) is 5.94. The standard InChI is InChI=1S/C7H7ClF2Si/c1-11(9,10)7-4-2-6(8)3-5-7/h2-5H,1H3. The average molecular weight is 193 g/mol. The minimum absolute atomic E-state index is 0.127. The van der Waals surface area contributed by atoms with Crippen LogP contribution in [0.1, 0.15) is 0 Å². The molecule has 11 heavy (non-hydrogen) atoms. The van der Waals surface area contributed by atoms with Crippen molar-refractivity contribution in [2.45, 2.75) is 6.55 Å². The lowest BCUT2D eigenvalue weighted by atomic mass is 10.4. The minimum atomic E-state index is -4.11. The fourth-order valence-corrected chi connectivity index (χ4v) is 1.62. The maximum absolute atomic E-state index is 12.7. The first-order valence-electron chi connectivity index (χ1n) is 3.14. The molecule has 0 heterocycles. The molecule has 0 N–H and O–H groups in total. The van der Waals surface area contributed by atoms with Gasteiger partial charge in [0.1, 0.15) is 0 Å². The molecule has 1 aromatic carbocycles. The molecule has 0 amide bonds. The Morgan fingerprint density at radius 3 is 2.00 bits per heavy atom. The van der Waals surface area contributed by atoms with Gasteiger partial charge in [-0.25, -0.2) is 0 Å². The average Bonchev–Trinajstić information content (AvgIpc) is 1.86. The van der Waals surface area contributed by atoms with Gasteiger partial charge in [0.2, 0.25) is 0 Å². The Morgan fingerprint density at radius 2 is 1.64 bits per heavy atom. The SMILES string of the molecule is C[Si](F)(F)c1ccc(Cl)cc1. The fourth-order valence-electron chi connectivity index (χ4n) is 0.743. The third-order valence-corrected chi connectivity index (χ3v) is 2.95. The van der Waals surface area contributed by atoms with E-state index < -0.39 is 8.74 Å². The fraction of sp³-hybridized carbons (Fsp3) is 0.143. The van der Waals surface area contributed by atoms with E-state index in [1.807, 2.05) is 0 Å². The van der Waals surface area contributed by atoms with E-state index in [-0.39, 0.29) is 5.19 Å². The predicted molar refractivity (Wildman–Crippen MR) is 44.9 cm³/mol. The minimum Gasteiger partial charge on any atom is -0.265 e. The van der Waals surface area contributed by atoms with E-state index in [2.05, 4.69) is 0 Å². The Labute approximate surface area is 70.2 Å². The van der Waals surface area contributed by atoms with Gasteiger partial charge in [-0.1, -0.05) is 23.7 Å². The zero-order chi connectivity index (χ0) is 8.48. The second kappa shape index (κ2) is 2.91. The van der Waals surface area contributed by atoms with Crippen LogP contribution in [0.4, 0.5) is 8.22 Å². The molecule has 0 spiro atoms. The second-order valence-corrected chi connectivity index (χ2v) is 5.19. The number of rotatable bonds is 1. The highest BCUT2D eigenvalue weighted by molar-refractivity contribution is 6.78. The van der Waals surface area contributed by atoms with Gasteiger partial charge in [-0.15, -0.1) is 0 Å². The van der Waals surface area contributed by atoms with Crippen molar-refractivity contribution in [3.8, 4) is 0 Å². The van der Waals surface area contributed by atoms with E-state index >= 15 is 0 Å². The van der Waals surface area contributed by atoms with Gasteiger partial charge in [0.25, 0.3) is 0 Å². The van der Waals surface area contributed by atoms with Crippen molar-refractivity contribution < 1.29 is 8.22 Å². The van der Waals surface area contributed by atoms with Gasteiger partial charge in [0, 0.05) is 10.2 Å². The lowest BCUT2D eigenvalue weighted by Gasteiger charge is -2.05. The van der Waals surface area contributed by atoms with Crippen LogP contribution in [0.15, 0.2) is 24.3 Å². The molecule has 0 radical (unpaired) electrons. The van der Waals surface area contributed by atoms with E-state index in [1.54, 1.807) is 0 Å². The third-order valence-electron chi connectivity index (χ3n) is 1.35. The van der Waals surface area contributed by atoms with Crippen LogP contribution in [-0.4, -0.2) is 8.74 Å². The Kier molecular flexibility index (Phi) is 2.30. The van der Waals surface area contributed by atoms with Crippen molar-refractivity contribution in [3.63, 3.8) is 0 Å². The van der Waals surface area contributed by atoms with E-state index in [1.165, 1.54) is 24.3 Å². The molecule has 4 heteroatoms. The summed E-state index contributed by atoms with van der Waals surface area (Å²) in [6.07, 6.45) is 0. The molecule has 1 aromatic rings. The first-order chi connectivity index (χ1) is 5.00.